The zero-order valence-corrected chi connectivity index (χ0v) is 11.0. The number of ether oxygens (including phenoxy) is 1. The quantitative estimate of drug-likeness (QED) is 0.690. The average molecular weight is 281 g/mol. The number of nitrogens with one attached hydrogen (secondary N) is 2. The van der Waals surface area contributed by atoms with E-state index in [1.165, 1.54) is 0 Å². The Kier molecular flexibility index (Phi) is 4.28. The Morgan fingerprint density at radius 3 is 2.75 bits per heavy atom. The summed E-state index contributed by atoms with van der Waals surface area (Å²) < 4.78 is 5.04. The van der Waals surface area contributed by atoms with Crippen LogP contribution in [0.4, 0.5) is 5.95 Å². The largest absolute Gasteiger partial charge is 0.463 e. The van der Waals surface area contributed by atoms with E-state index in [9.17, 15) is 14.4 Å². The molecule has 1 aliphatic rings. The first-order valence-electron chi connectivity index (χ1n) is 6.28. The van der Waals surface area contributed by atoms with Gasteiger partial charge in [-0.2, -0.15) is 4.98 Å². The molecule has 1 fully saturated rings. The van der Waals surface area contributed by atoms with Crippen molar-refractivity contribution in [3.05, 3.63) is 0 Å². The molecule has 0 radical (unpaired) electrons. The van der Waals surface area contributed by atoms with E-state index < -0.39 is 0 Å². The first-order valence-corrected chi connectivity index (χ1v) is 6.28. The summed E-state index contributed by atoms with van der Waals surface area (Å²) in [5.41, 5.74) is 0. The highest BCUT2D eigenvalue weighted by Gasteiger charge is 2.28. The van der Waals surface area contributed by atoms with Crippen molar-refractivity contribution < 1.29 is 19.1 Å². The van der Waals surface area contributed by atoms with E-state index in [-0.39, 0.29) is 55.5 Å². The van der Waals surface area contributed by atoms with Crippen molar-refractivity contribution in [2.24, 2.45) is 0 Å². The van der Waals surface area contributed by atoms with E-state index >= 15 is 0 Å². The number of carbonyl (C=O) groups is 3. The van der Waals surface area contributed by atoms with Gasteiger partial charge >= 0.3 is 6.01 Å². The molecule has 1 saturated heterocycles. The maximum atomic E-state index is 11.7. The number of rotatable bonds is 6. The minimum atomic E-state index is -0.364. The summed E-state index contributed by atoms with van der Waals surface area (Å²) in [6, 6.07) is 0.146. The highest BCUT2D eigenvalue weighted by molar-refractivity contribution is 6.02. The molecule has 2 rings (SSSR count). The second-order valence-electron chi connectivity index (χ2n) is 4.14. The van der Waals surface area contributed by atoms with Gasteiger partial charge in [-0.15, -0.1) is 5.10 Å². The van der Waals surface area contributed by atoms with Crippen molar-refractivity contribution in [2.75, 3.05) is 18.5 Å². The van der Waals surface area contributed by atoms with Gasteiger partial charge in [0.1, 0.15) is 0 Å². The SMILES string of the molecule is CCOc1n[nH]c(NC(=O)CCN2C(=O)CCC2=O)n1. The molecule has 2 N–H and O–H groups in total. The third-order valence-electron chi connectivity index (χ3n) is 2.71. The fraction of sp³-hybridized carbons (Fsp3) is 0.545. The van der Waals surface area contributed by atoms with Crippen molar-refractivity contribution in [3.63, 3.8) is 0 Å². The zero-order valence-electron chi connectivity index (χ0n) is 11.0. The predicted molar refractivity (Wildman–Crippen MR) is 66.8 cm³/mol. The first-order chi connectivity index (χ1) is 9.60. The monoisotopic (exact) mass is 281 g/mol. The van der Waals surface area contributed by atoms with E-state index in [4.69, 9.17) is 4.74 Å². The third-order valence-corrected chi connectivity index (χ3v) is 2.71. The fourth-order valence-electron chi connectivity index (χ4n) is 1.78. The average Bonchev–Trinajstić information content (AvgIpc) is 2.96. The molecule has 0 bridgehead atoms. The lowest BCUT2D eigenvalue weighted by molar-refractivity contribution is -0.138. The van der Waals surface area contributed by atoms with Gasteiger partial charge in [0, 0.05) is 25.8 Å². The van der Waals surface area contributed by atoms with Crippen molar-refractivity contribution in [3.8, 4) is 6.01 Å². The van der Waals surface area contributed by atoms with Crippen LogP contribution in [0.1, 0.15) is 26.2 Å². The molecule has 1 aromatic heterocycles. The molecule has 0 atom stereocenters. The summed E-state index contributed by atoms with van der Waals surface area (Å²) in [7, 11) is 0. The van der Waals surface area contributed by atoms with Crippen LogP contribution >= 0.6 is 0 Å². The van der Waals surface area contributed by atoms with Crippen LogP contribution in [0.5, 0.6) is 6.01 Å². The predicted octanol–water partition coefficient (Wildman–Crippen LogP) is -0.319. The molecule has 0 aromatic carbocycles. The van der Waals surface area contributed by atoms with Gasteiger partial charge in [0.15, 0.2) is 0 Å². The van der Waals surface area contributed by atoms with Gasteiger partial charge in [-0.1, -0.05) is 0 Å². The minimum Gasteiger partial charge on any atom is -0.463 e. The molecule has 1 aromatic rings. The van der Waals surface area contributed by atoms with Gasteiger partial charge in [-0.05, 0) is 6.92 Å². The molecule has 3 amide bonds. The van der Waals surface area contributed by atoms with E-state index in [0.717, 1.165) is 4.90 Å². The lowest BCUT2D eigenvalue weighted by atomic mass is 10.3. The Morgan fingerprint density at radius 2 is 2.10 bits per heavy atom. The second kappa shape index (κ2) is 6.13. The highest BCUT2D eigenvalue weighted by Crippen LogP contribution is 2.12. The number of likely N-dealkylation sites (tertiary alicyclic amines) is 1. The lowest BCUT2D eigenvalue weighted by Gasteiger charge is -2.12. The summed E-state index contributed by atoms with van der Waals surface area (Å²) in [6.45, 7) is 2.29. The van der Waals surface area contributed by atoms with Crippen LogP contribution in [0.15, 0.2) is 0 Å². The molecule has 9 heteroatoms. The molecule has 0 unspecified atom stereocenters. The number of imide groups is 1. The van der Waals surface area contributed by atoms with Gasteiger partial charge in [-0.25, -0.2) is 5.10 Å². The number of amides is 3. The number of hydrogen-bond acceptors (Lipinski definition) is 6. The molecule has 0 saturated carbocycles. The van der Waals surface area contributed by atoms with Crippen molar-refractivity contribution in [1.82, 2.24) is 20.1 Å². The summed E-state index contributed by atoms with van der Waals surface area (Å²) in [4.78, 5) is 39.4. The van der Waals surface area contributed by atoms with Crippen molar-refractivity contribution in [2.45, 2.75) is 26.2 Å². The minimum absolute atomic E-state index is 0.0160. The summed E-state index contributed by atoms with van der Waals surface area (Å²) in [6.07, 6.45) is 0.461. The van der Waals surface area contributed by atoms with Crippen molar-refractivity contribution in [1.29, 1.82) is 0 Å². The molecule has 1 aliphatic heterocycles. The van der Waals surface area contributed by atoms with Gasteiger partial charge in [0.2, 0.25) is 23.7 Å². The molecule has 0 spiro atoms. The molecule has 9 nitrogen and oxygen atoms in total. The Balaban J connectivity index is 1.80. The summed E-state index contributed by atoms with van der Waals surface area (Å²) in [5.74, 6) is -0.670. The number of hydrogen-bond donors (Lipinski definition) is 2. The Labute approximate surface area is 114 Å². The maximum Gasteiger partial charge on any atom is 0.337 e. The Bertz CT molecular complexity index is 511. The van der Waals surface area contributed by atoms with E-state index in [2.05, 4.69) is 20.5 Å². The Hall–Kier alpha value is -2.45. The van der Waals surface area contributed by atoms with Crippen LogP contribution in [0.25, 0.3) is 0 Å². The van der Waals surface area contributed by atoms with Gasteiger partial charge < -0.3 is 4.74 Å². The molecule has 0 aliphatic carbocycles. The molecule has 2 heterocycles. The topological polar surface area (TPSA) is 117 Å². The van der Waals surface area contributed by atoms with Crippen LogP contribution < -0.4 is 10.1 Å². The normalized spacial score (nSPS) is 14.8. The highest BCUT2D eigenvalue weighted by atomic mass is 16.5. The van der Waals surface area contributed by atoms with E-state index in [0.29, 0.717) is 6.61 Å². The smallest absolute Gasteiger partial charge is 0.337 e. The molecule has 20 heavy (non-hydrogen) atoms. The van der Waals surface area contributed by atoms with Crippen LogP contribution in [-0.4, -0.2) is 51.0 Å². The van der Waals surface area contributed by atoms with Crippen LogP contribution in [-0.2, 0) is 14.4 Å². The summed E-state index contributed by atoms with van der Waals surface area (Å²) >= 11 is 0. The zero-order chi connectivity index (χ0) is 14.5. The molecule has 108 valence electrons. The standard InChI is InChI=1S/C11H15N5O4/c1-2-20-11-13-10(14-15-11)12-7(17)5-6-16-8(18)3-4-9(16)19/h2-6H2,1H3,(H2,12,13,14,15,17). The van der Waals surface area contributed by atoms with Gasteiger partial charge in [0.25, 0.3) is 0 Å². The maximum absolute atomic E-state index is 11.7. The van der Waals surface area contributed by atoms with E-state index in [1.807, 2.05) is 0 Å². The summed E-state index contributed by atoms with van der Waals surface area (Å²) in [5, 5.41) is 8.71. The second-order valence-corrected chi connectivity index (χ2v) is 4.14. The van der Waals surface area contributed by atoms with Gasteiger partial charge in [-0.3, -0.25) is 24.6 Å². The lowest BCUT2D eigenvalue weighted by Crippen LogP contribution is -2.32. The molecular formula is C11H15N5O4. The fourth-order valence-corrected chi connectivity index (χ4v) is 1.78. The molecular weight excluding hydrogens is 266 g/mol. The van der Waals surface area contributed by atoms with Crippen molar-refractivity contribution >= 4 is 23.7 Å². The van der Waals surface area contributed by atoms with E-state index in [1.54, 1.807) is 6.92 Å². The van der Waals surface area contributed by atoms with Gasteiger partial charge in [0.05, 0.1) is 6.61 Å². The van der Waals surface area contributed by atoms with Crippen LogP contribution in [0, 0.1) is 0 Å². The number of nitrogens with zero attached hydrogens (tertiary/aromatic N) is 3. The number of aromatic nitrogens is 3. The number of H-pyrrole nitrogens is 1. The third kappa shape index (κ3) is 3.31. The number of anilines is 1. The number of carbonyl (C=O) groups excluding carboxylic acids is 3. The first kappa shape index (κ1) is 14.0. The Morgan fingerprint density at radius 1 is 1.40 bits per heavy atom. The number of aromatic amines is 1. The van der Waals surface area contributed by atoms with Crippen LogP contribution in [0.2, 0.25) is 0 Å². The van der Waals surface area contributed by atoms with Crippen LogP contribution in [0.3, 0.4) is 0 Å².